The van der Waals surface area contributed by atoms with Crippen LogP contribution < -0.4 is 10.6 Å². The van der Waals surface area contributed by atoms with Gasteiger partial charge in [0, 0.05) is 25.3 Å². The third-order valence-corrected chi connectivity index (χ3v) is 1.98. The van der Waals surface area contributed by atoms with Gasteiger partial charge in [-0.15, -0.1) is 0 Å². The molecular weight excluding hydrogens is 217 g/mol. The second-order valence-corrected chi connectivity index (χ2v) is 3.96. The number of nitrogens with one attached hydrogen (secondary N) is 2. The summed E-state index contributed by atoms with van der Waals surface area (Å²) in [5, 5.41) is 6.40. The summed E-state index contributed by atoms with van der Waals surface area (Å²) in [6.07, 6.45) is 1.42. The Morgan fingerprint density at radius 1 is 1.47 bits per heavy atom. The summed E-state index contributed by atoms with van der Waals surface area (Å²) < 4.78 is 13.2. The van der Waals surface area contributed by atoms with Gasteiger partial charge in [0.1, 0.15) is 0 Å². The van der Waals surface area contributed by atoms with Crippen LogP contribution in [0.15, 0.2) is 12.3 Å². The zero-order valence-corrected chi connectivity index (χ0v) is 9.61. The number of anilines is 1. The molecule has 3 nitrogen and oxygen atoms in total. The Morgan fingerprint density at radius 2 is 2.20 bits per heavy atom. The molecule has 0 aliphatic carbocycles. The predicted molar refractivity (Wildman–Crippen MR) is 60.8 cm³/mol. The quantitative estimate of drug-likeness (QED) is 0.764. The van der Waals surface area contributed by atoms with Crippen LogP contribution in [-0.2, 0) is 0 Å². The van der Waals surface area contributed by atoms with Crippen LogP contribution in [-0.4, -0.2) is 24.1 Å². The molecule has 15 heavy (non-hydrogen) atoms. The summed E-state index contributed by atoms with van der Waals surface area (Å²) in [6, 6.07) is 1.67. The second-order valence-electron chi connectivity index (χ2n) is 3.52. The van der Waals surface area contributed by atoms with E-state index in [2.05, 4.69) is 29.5 Å². The molecule has 1 aromatic heterocycles. The van der Waals surface area contributed by atoms with Gasteiger partial charge >= 0.3 is 0 Å². The average molecular weight is 232 g/mol. The van der Waals surface area contributed by atoms with Crippen LogP contribution >= 0.6 is 11.6 Å². The number of halogens is 2. The van der Waals surface area contributed by atoms with E-state index >= 15 is 0 Å². The van der Waals surface area contributed by atoms with Gasteiger partial charge < -0.3 is 10.6 Å². The van der Waals surface area contributed by atoms with Gasteiger partial charge in [0.25, 0.3) is 0 Å². The number of hydrogen-bond donors (Lipinski definition) is 2. The number of aromatic nitrogens is 1. The molecule has 0 saturated heterocycles. The number of rotatable bonds is 5. The monoisotopic (exact) mass is 231 g/mol. The number of nitrogens with zero attached hydrogens (tertiary/aromatic N) is 1. The summed E-state index contributed by atoms with van der Waals surface area (Å²) in [5.41, 5.74) is 0. The van der Waals surface area contributed by atoms with Crippen LogP contribution in [0, 0.1) is 5.82 Å². The Balaban J connectivity index is 2.37. The molecule has 0 spiro atoms. The summed E-state index contributed by atoms with van der Waals surface area (Å²) in [6.45, 7) is 5.51. The second kappa shape index (κ2) is 5.88. The number of hydrogen-bond acceptors (Lipinski definition) is 3. The molecule has 5 heteroatoms. The van der Waals surface area contributed by atoms with E-state index in [0.717, 1.165) is 6.54 Å². The van der Waals surface area contributed by atoms with Gasteiger partial charge in [-0.3, -0.25) is 0 Å². The fourth-order valence-corrected chi connectivity index (χ4v) is 1.23. The van der Waals surface area contributed by atoms with Crippen molar-refractivity contribution in [1.29, 1.82) is 0 Å². The molecule has 84 valence electrons. The Kier molecular flexibility index (Phi) is 4.78. The molecule has 2 N–H and O–H groups in total. The first-order valence-electron chi connectivity index (χ1n) is 4.88. The molecule has 1 rings (SSSR count). The molecule has 0 bridgehead atoms. The van der Waals surface area contributed by atoms with E-state index in [1.165, 1.54) is 12.3 Å². The van der Waals surface area contributed by atoms with Gasteiger partial charge in [-0.2, -0.15) is 0 Å². The zero-order valence-electron chi connectivity index (χ0n) is 8.85. The fraction of sp³-hybridized carbons (Fsp3) is 0.500. The minimum absolute atomic E-state index is 0.241. The van der Waals surface area contributed by atoms with E-state index in [1.54, 1.807) is 0 Å². The van der Waals surface area contributed by atoms with Gasteiger partial charge in [0.2, 0.25) is 0 Å². The summed E-state index contributed by atoms with van der Waals surface area (Å²) in [7, 11) is 0. The van der Waals surface area contributed by atoms with Crippen molar-refractivity contribution in [3.8, 4) is 0 Å². The third kappa shape index (κ3) is 4.44. The Hall–Kier alpha value is -0.870. The molecule has 0 aromatic carbocycles. The van der Waals surface area contributed by atoms with Crippen LogP contribution in [0.2, 0.25) is 5.02 Å². The largest absolute Gasteiger partial charge is 0.366 e. The van der Waals surface area contributed by atoms with Crippen molar-refractivity contribution >= 4 is 17.4 Å². The standard InChI is InChI=1S/C10H15ClFN3/c1-7(2)13-3-4-14-10-9(12)5-8(11)6-15-10/h5-7,13H,3-4H2,1-2H3,(H,14,15). The Labute approximate surface area is 94.0 Å². The highest BCUT2D eigenvalue weighted by Gasteiger charge is 2.03. The molecule has 1 heterocycles. The van der Waals surface area contributed by atoms with Gasteiger partial charge in [0.05, 0.1) is 5.02 Å². The first-order valence-corrected chi connectivity index (χ1v) is 5.25. The highest BCUT2D eigenvalue weighted by Crippen LogP contribution is 2.14. The van der Waals surface area contributed by atoms with Crippen molar-refractivity contribution in [3.05, 3.63) is 23.1 Å². The van der Waals surface area contributed by atoms with E-state index in [0.29, 0.717) is 17.6 Å². The molecule has 0 unspecified atom stereocenters. The van der Waals surface area contributed by atoms with E-state index in [1.807, 2.05) is 0 Å². The van der Waals surface area contributed by atoms with Crippen LogP contribution in [0.25, 0.3) is 0 Å². The topological polar surface area (TPSA) is 37.0 Å². The van der Waals surface area contributed by atoms with Gasteiger partial charge in [-0.25, -0.2) is 9.37 Å². The van der Waals surface area contributed by atoms with Gasteiger partial charge in [-0.05, 0) is 6.07 Å². The SMILES string of the molecule is CC(C)NCCNc1ncc(Cl)cc1F. The van der Waals surface area contributed by atoms with E-state index in [9.17, 15) is 4.39 Å². The van der Waals surface area contributed by atoms with Crippen molar-refractivity contribution in [2.75, 3.05) is 18.4 Å². The third-order valence-electron chi connectivity index (χ3n) is 1.78. The highest BCUT2D eigenvalue weighted by molar-refractivity contribution is 6.30. The minimum atomic E-state index is -0.424. The lowest BCUT2D eigenvalue weighted by molar-refractivity contribution is 0.596. The fourth-order valence-electron chi connectivity index (χ4n) is 1.09. The summed E-state index contributed by atoms with van der Waals surface area (Å²) >= 11 is 5.58. The molecular formula is C10H15ClFN3. The minimum Gasteiger partial charge on any atom is -0.366 e. The molecule has 0 amide bonds. The van der Waals surface area contributed by atoms with E-state index < -0.39 is 5.82 Å². The predicted octanol–water partition coefficient (Wildman–Crippen LogP) is 2.28. The molecule has 0 radical (unpaired) electrons. The molecule has 0 aliphatic heterocycles. The molecule has 0 saturated carbocycles. The van der Waals surface area contributed by atoms with Gasteiger partial charge in [-0.1, -0.05) is 25.4 Å². The van der Waals surface area contributed by atoms with Crippen molar-refractivity contribution in [3.63, 3.8) is 0 Å². The smallest absolute Gasteiger partial charge is 0.166 e. The van der Waals surface area contributed by atoms with E-state index in [-0.39, 0.29) is 5.82 Å². The molecule has 0 aliphatic rings. The zero-order chi connectivity index (χ0) is 11.3. The van der Waals surface area contributed by atoms with Crippen LogP contribution in [0.3, 0.4) is 0 Å². The maximum atomic E-state index is 13.2. The highest BCUT2D eigenvalue weighted by atomic mass is 35.5. The maximum Gasteiger partial charge on any atom is 0.166 e. The lowest BCUT2D eigenvalue weighted by atomic mass is 10.4. The molecule has 0 fully saturated rings. The lowest BCUT2D eigenvalue weighted by Gasteiger charge is -2.09. The van der Waals surface area contributed by atoms with Crippen molar-refractivity contribution in [2.45, 2.75) is 19.9 Å². The summed E-state index contributed by atoms with van der Waals surface area (Å²) in [4.78, 5) is 3.85. The van der Waals surface area contributed by atoms with Crippen molar-refractivity contribution in [1.82, 2.24) is 10.3 Å². The normalized spacial score (nSPS) is 10.7. The Bertz CT molecular complexity index is 318. The first-order chi connectivity index (χ1) is 7.09. The van der Waals surface area contributed by atoms with Crippen LogP contribution in [0.1, 0.15) is 13.8 Å². The summed E-state index contributed by atoms with van der Waals surface area (Å²) in [5.74, 6) is -0.183. The lowest BCUT2D eigenvalue weighted by Crippen LogP contribution is -2.28. The van der Waals surface area contributed by atoms with Crippen LogP contribution in [0.4, 0.5) is 10.2 Å². The maximum absolute atomic E-state index is 13.2. The van der Waals surface area contributed by atoms with Gasteiger partial charge in [0.15, 0.2) is 11.6 Å². The molecule has 1 aromatic rings. The van der Waals surface area contributed by atoms with E-state index in [4.69, 9.17) is 11.6 Å². The number of pyridine rings is 1. The average Bonchev–Trinajstić information content (AvgIpc) is 2.14. The molecule has 0 atom stereocenters. The van der Waals surface area contributed by atoms with Crippen molar-refractivity contribution in [2.24, 2.45) is 0 Å². The van der Waals surface area contributed by atoms with Crippen LogP contribution in [0.5, 0.6) is 0 Å². The Morgan fingerprint density at radius 3 is 2.80 bits per heavy atom. The first kappa shape index (κ1) is 12.2. The van der Waals surface area contributed by atoms with Crippen molar-refractivity contribution < 1.29 is 4.39 Å².